The van der Waals surface area contributed by atoms with Gasteiger partial charge in [0.2, 0.25) is 0 Å². The van der Waals surface area contributed by atoms with Gasteiger partial charge in [-0.3, -0.25) is 4.79 Å². The van der Waals surface area contributed by atoms with Gasteiger partial charge >= 0.3 is 0 Å². The first-order valence-corrected chi connectivity index (χ1v) is 10.1. The molecule has 3 aromatic carbocycles. The number of carbonyl (C=O) groups excluding carboxylic acids is 1. The van der Waals surface area contributed by atoms with Crippen LogP contribution < -0.4 is 10.1 Å². The Morgan fingerprint density at radius 2 is 1.62 bits per heavy atom. The largest absolute Gasteiger partial charge is 0.489 e. The molecule has 0 spiro atoms. The Morgan fingerprint density at radius 1 is 0.897 bits per heavy atom. The van der Waals surface area contributed by atoms with E-state index < -0.39 is 0 Å². The van der Waals surface area contributed by atoms with Crippen LogP contribution in [0.1, 0.15) is 29.6 Å². The van der Waals surface area contributed by atoms with Crippen molar-refractivity contribution >= 4 is 11.6 Å². The van der Waals surface area contributed by atoms with Gasteiger partial charge in [0.15, 0.2) is 0 Å². The Morgan fingerprint density at radius 3 is 2.38 bits per heavy atom. The highest BCUT2D eigenvalue weighted by molar-refractivity contribution is 6.05. The zero-order valence-corrected chi connectivity index (χ0v) is 16.3. The fraction of sp³-hybridized carbons (Fsp3) is 0.240. The quantitative estimate of drug-likeness (QED) is 0.603. The molecule has 1 aliphatic heterocycles. The molecule has 1 saturated heterocycles. The van der Waals surface area contributed by atoms with Crippen LogP contribution in [0, 0.1) is 0 Å². The highest BCUT2D eigenvalue weighted by Gasteiger charge is 2.16. The van der Waals surface area contributed by atoms with E-state index in [1.54, 1.807) is 0 Å². The van der Waals surface area contributed by atoms with Crippen molar-refractivity contribution in [3.05, 3.63) is 84.4 Å². The molecular formula is C25H25NO3. The molecule has 0 aromatic heterocycles. The molecule has 1 amide bonds. The number of hydrogen-bond acceptors (Lipinski definition) is 3. The first kappa shape index (κ1) is 19.2. The second-order valence-electron chi connectivity index (χ2n) is 7.19. The van der Waals surface area contributed by atoms with Gasteiger partial charge in [-0.15, -0.1) is 0 Å². The predicted octanol–water partition coefficient (Wildman–Crippen LogP) is 5.55. The van der Waals surface area contributed by atoms with Crippen LogP contribution in [-0.2, 0) is 4.74 Å². The third-order valence-corrected chi connectivity index (χ3v) is 5.09. The zero-order chi connectivity index (χ0) is 19.9. The highest BCUT2D eigenvalue weighted by Crippen LogP contribution is 2.26. The Kier molecular flexibility index (Phi) is 6.22. The zero-order valence-electron chi connectivity index (χ0n) is 16.3. The maximum absolute atomic E-state index is 12.7. The SMILES string of the molecule is O=C(Nc1ccccc1OCC1CCCCO1)c1ccc(-c2ccccc2)cc1. The van der Waals surface area contributed by atoms with Crippen LogP contribution in [0.15, 0.2) is 78.9 Å². The summed E-state index contributed by atoms with van der Waals surface area (Å²) in [4.78, 5) is 12.7. The fourth-order valence-electron chi connectivity index (χ4n) is 3.46. The molecule has 1 heterocycles. The van der Waals surface area contributed by atoms with E-state index in [0.717, 1.165) is 30.6 Å². The molecule has 148 valence electrons. The summed E-state index contributed by atoms with van der Waals surface area (Å²) in [7, 11) is 0. The summed E-state index contributed by atoms with van der Waals surface area (Å²) >= 11 is 0. The number of nitrogens with one attached hydrogen (secondary N) is 1. The first-order chi connectivity index (χ1) is 14.3. The van der Waals surface area contributed by atoms with E-state index in [9.17, 15) is 4.79 Å². The predicted molar refractivity (Wildman–Crippen MR) is 115 cm³/mol. The van der Waals surface area contributed by atoms with Crippen LogP contribution in [0.3, 0.4) is 0 Å². The number of ether oxygens (including phenoxy) is 2. The van der Waals surface area contributed by atoms with E-state index in [-0.39, 0.29) is 12.0 Å². The fourth-order valence-corrected chi connectivity index (χ4v) is 3.46. The topological polar surface area (TPSA) is 47.6 Å². The minimum Gasteiger partial charge on any atom is -0.489 e. The summed E-state index contributed by atoms with van der Waals surface area (Å²) in [6, 6.07) is 25.2. The van der Waals surface area contributed by atoms with Gasteiger partial charge in [-0.25, -0.2) is 0 Å². The van der Waals surface area contributed by atoms with Gasteiger partial charge in [0, 0.05) is 12.2 Å². The Bertz CT molecular complexity index is 932. The molecular weight excluding hydrogens is 362 g/mol. The van der Waals surface area contributed by atoms with Crippen LogP contribution in [0.4, 0.5) is 5.69 Å². The standard InChI is InChI=1S/C25H25NO3/c27-25(21-15-13-20(14-16-21)19-8-2-1-3-9-19)26-23-11-4-5-12-24(23)29-18-22-10-6-7-17-28-22/h1-5,8-9,11-16,22H,6-7,10,17-18H2,(H,26,27). The number of amides is 1. The average molecular weight is 387 g/mol. The summed E-state index contributed by atoms with van der Waals surface area (Å²) in [6.07, 6.45) is 3.43. The van der Waals surface area contributed by atoms with Crippen molar-refractivity contribution in [3.63, 3.8) is 0 Å². The van der Waals surface area contributed by atoms with Crippen molar-refractivity contribution < 1.29 is 14.3 Å². The number of carbonyl (C=O) groups is 1. The smallest absolute Gasteiger partial charge is 0.255 e. The Balaban J connectivity index is 1.41. The minimum atomic E-state index is -0.158. The molecule has 0 saturated carbocycles. The summed E-state index contributed by atoms with van der Waals surface area (Å²) < 4.78 is 11.7. The van der Waals surface area contributed by atoms with E-state index in [1.165, 1.54) is 6.42 Å². The van der Waals surface area contributed by atoms with Crippen molar-refractivity contribution in [3.8, 4) is 16.9 Å². The summed E-state index contributed by atoms with van der Waals surface area (Å²) in [6.45, 7) is 1.30. The molecule has 29 heavy (non-hydrogen) atoms. The third kappa shape index (κ3) is 5.04. The normalized spacial score (nSPS) is 16.2. The second kappa shape index (κ2) is 9.39. The second-order valence-corrected chi connectivity index (χ2v) is 7.19. The lowest BCUT2D eigenvalue weighted by molar-refractivity contribution is -0.0109. The van der Waals surface area contributed by atoms with Gasteiger partial charge in [-0.1, -0.05) is 54.6 Å². The molecule has 0 bridgehead atoms. The van der Waals surface area contributed by atoms with E-state index >= 15 is 0 Å². The molecule has 0 aliphatic carbocycles. The van der Waals surface area contributed by atoms with Gasteiger partial charge in [0.1, 0.15) is 12.4 Å². The van der Waals surface area contributed by atoms with Gasteiger partial charge in [-0.05, 0) is 54.7 Å². The van der Waals surface area contributed by atoms with E-state index in [4.69, 9.17) is 9.47 Å². The van der Waals surface area contributed by atoms with Gasteiger partial charge in [-0.2, -0.15) is 0 Å². The van der Waals surface area contributed by atoms with Crippen molar-refractivity contribution in [2.75, 3.05) is 18.5 Å². The average Bonchev–Trinajstić information content (AvgIpc) is 2.80. The molecule has 3 aromatic rings. The Hall–Kier alpha value is -3.11. The summed E-state index contributed by atoms with van der Waals surface area (Å²) in [5.74, 6) is 0.505. The molecule has 1 atom stereocenters. The number of anilines is 1. The lowest BCUT2D eigenvalue weighted by Gasteiger charge is -2.23. The third-order valence-electron chi connectivity index (χ3n) is 5.09. The molecule has 1 aliphatic rings. The number of rotatable bonds is 6. The minimum absolute atomic E-state index is 0.123. The van der Waals surface area contributed by atoms with Gasteiger partial charge in [0.05, 0.1) is 11.8 Å². The van der Waals surface area contributed by atoms with Crippen molar-refractivity contribution in [2.45, 2.75) is 25.4 Å². The van der Waals surface area contributed by atoms with E-state index in [2.05, 4.69) is 17.4 Å². The van der Waals surface area contributed by atoms with Crippen molar-refractivity contribution in [1.82, 2.24) is 0 Å². The van der Waals surface area contributed by atoms with Crippen molar-refractivity contribution in [2.24, 2.45) is 0 Å². The molecule has 4 heteroatoms. The summed E-state index contributed by atoms with van der Waals surface area (Å²) in [5.41, 5.74) is 3.48. The number of para-hydroxylation sites is 2. The first-order valence-electron chi connectivity index (χ1n) is 10.1. The maximum atomic E-state index is 12.7. The van der Waals surface area contributed by atoms with Crippen LogP contribution in [-0.4, -0.2) is 25.2 Å². The lowest BCUT2D eigenvalue weighted by atomic mass is 10.0. The van der Waals surface area contributed by atoms with Crippen LogP contribution in [0.2, 0.25) is 0 Å². The van der Waals surface area contributed by atoms with Crippen molar-refractivity contribution in [1.29, 1.82) is 0 Å². The summed E-state index contributed by atoms with van der Waals surface area (Å²) in [5, 5.41) is 2.97. The lowest BCUT2D eigenvalue weighted by Crippen LogP contribution is -2.26. The van der Waals surface area contributed by atoms with E-state index in [1.807, 2.05) is 66.7 Å². The molecule has 0 radical (unpaired) electrons. The molecule has 1 fully saturated rings. The molecule has 1 N–H and O–H groups in total. The van der Waals surface area contributed by atoms with Crippen LogP contribution in [0.25, 0.3) is 11.1 Å². The molecule has 4 nitrogen and oxygen atoms in total. The monoisotopic (exact) mass is 387 g/mol. The maximum Gasteiger partial charge on any atom is 0.255 e. The highest BCUT2D eigenvalue weighted by atomic mass is 16.5. The number of hydrogen-bond donors (Lipinski definition) is 1. The molecule has 1 unspecified atom stereocenters. The molecule has 4 rings (SSSR count). The van der Waals surface area contributed by atoms with Gasteiger partial charge in [0.25, 0.3) is 5.91 Å². The van der Waals surface area contributed by atoms with Gasteiger partial charge < -0.3 is 14.8 Å². The Labute approximate surface area is 171 Å². The van der Waals surface area contributed by atoms with Crippen LogP contribution >= 0.6 is 0 Å². The van der Waals surface area contributed by atoms with Crippen LogP contribution in [0.5, 0.6) is 5.75 Å². The number of benzene rings is 3. The van der Waals surface area contributed by atoms with E-state index in [0.29, 0.717) is 23.6 Å².